The lowest BCUT2D eigenvalue weighted by Gasteiger charge is -1.88. The van der Waals surface area contributed by atoms with Crippen molar-refractivity contribution in [3.8, 4) is 12.3 Å². The molecule has 0 spiro atoms. The van der Waals surface area contributed by atoms with E-state index in [1.807, 2.05) is 6.07 Å². The number of rotatable bonds is 0. The lowest BCUT2D eigenvalue weighted by Crippen LogP contribution is -1.80. The molecule has 1 radical (unpaired) electrons. The molecule has 0 aliphatic carbocycles. The molecule has 43 valence electrons. The Kier molecular flexibility index (Phi) is 1.51. The molecule has 0 bridgehead atoms. The molecule has 0 N–H and O–H groups in total. The van der Waals surface area contributed by atoms with Crippen molar-refractivity contribution in [1.82, 2.24) is 4.98 Å². The minimum atomic E-state index is 0.655. The number of aromatic nitrogens is 1. The van der Waals surface area contributed by atoms with Crippen LogP contribution in [0.4, 0.5) is 0 Å². The lowest BCUT2D eigenvalue weighted by molar-refractivity contribution is 1.27. The average Bonchev–Trinajstić information content (AvgIpc) is 1.90. The minimum Gasteiger partial charge on any atom is -0.248 e. The zero-order valence-corrected chi connectivity index (χ0v) is 4.96. The van der Waals surface area contributed by atoms with E-state index in [1.54, 1.807) is 12.3 Å². The lowest BCUT2D eigenvalue weighted by atomic mass is 10.3. The largest absolute Gasteiger partial charge is 0.248 e. The summed E-state index contributed by atoms with van der Waals surface area (Å²) in [5.74, 6) is 2.42. The van der Waals surface area contributed by atoms with Crippen molar-refractivity contribution in [2.75, 3.05) is 0 Å². The summed E-state index contributed by atoms with van der Waals surface area (Å²) < 4.78 is 0. The van der Waals surface area contributed by atoms with E-state index in [0.717, 1.165) is 5.56 Å². The van der Waals surface area contributed by atoms with Gasteiger partial charge in [-0.05, 0) is 18.6 Å². The summed E-state index contributed by atoms with van der Waals surface area (Å²) in [7, 11) is 0. The second-order valence-corrected chi connectivity index (χ2v) is 1.70. The molecule has 1 nitrogen and oxygen atoms in total. The molecule has 0 aliphatic rings. The molecule has 1 rings (SSSR count). The normalized spacial score (nSPS) is 8.44. The van der Waals surface area contributed by atoms with Gasteiger partial charge in [-0.1, -0.05) is 12.0 Å². The summed E-state index contributed by atoms with van der Waals surface area (Å²) in [5.41, 5.74) is 1.54. The highest BCUT2D eigenvalue weighted by Gasteiger charge is 1.84. The van der Waals surface area contributed by atoms with Gasteiger partial charge in [0.25, 0.3) is 0 Å². The van der Waals surface area contributed by atoms with Crippen LogP contribution in [0, 0.1) is 19.3 Å². The molecule has 1 aromatic heterocycles. The predicted octanol–water partition coefficient (Wildman–Crippen LogP) is 1.25. The maximum atomic E-state index is 5.07. The van der Waals surface area contributed by atoms with E-state index in [-0.39, 0.29) is 0 Å². The summed E-state index contributed by atoms with van der Waals surface area (Å²) in [4.78, 5) is 3.90. The maximum absolute atomic E-state index is 5.07. The molecule has 0 unspecified atom stereocenters. The van der Waals surface area contributed by atoms with Crippen LogP contribution in [-0.4, -0.2) is 4.98 Å². The second-order valence-electron chi connectivity index (χ2n) is 1.70. The van der Waals surface area contributed by atoms with E-state index < -0.39 is 0 Å². The van der Waals surface area contributed by atoms with Gasteiger partial charge in [0.2, 0.25) is 0 Å². The zero-order chi connectivity index (χ0) is 6.69. The molecule has 0 aliphatic heterocycles. The van der Waals surface area contributed by atoms with Crippen LogP contribution in [0.5, 0.6) is 0 Å². The van der Waals surface area contributed by atoms with Gasteiger partial charge in [-0.15, -0.1) is 6.42 Å². The van der Waals surface area contributed by atoms with Crippen molar-refractivity contribution >= 4 is 0 Å². The quantitative estimate of drug-likeness (QED) is 0.465. The summed E-state index contributed by atoms with van der Waals surface area (Å²) in [6, 6.07) is 3.60. The molecular weight excluding hydrogens is 110 g/mol. The van der Waals surface area contributed by atoms with E-state index in [9.17, 15) is 0 Å². The van der Waals surface area contributed by atoms with Crippen LogP contribution in [0.2, 0.25) is 0 Å². The fraction of sp³-hybridized carbons (Fsp3) is 0. The van der Waals surface area contributed by atoms with Crippen LogP contribution in [-0.2, 0) is 0 Å². The van der Waals surface area contributed by atoms with E-state index in [2.05, 4.69) is 17.8 Å². The number of hydrogen-bond acceptors (Lipinski definition) is 1. The molecule has 1 heterocycles. The van der Waals surface area contributed by atoms with Gasteiger partial charge in [0, 0.05) is 6.20 Å². The molecule has 1 heteroatoms. The van der Waals surface area contributed by atoms with Crippen LogP contribution in [0.25, 0.3) is 0 Å². The Bertz CT molecular complexity index is 228. The Balaban J connectivity index is 3.06. The first-order valence-electron chi connectivity index (χ1n) is 2.57. The smallest absolute Gasteiger partial charge is 0.112 e. The number of hydrogen-bond donors (Lipinski definition) is 0. The van der Waals surface area contributed by atoms with Gasteiger partial charge in [-0.25, -0.2) is 4.98 Å². The molecule has 0 amide bonds. The van der Waals surface area contributed by atoms with Gasteiger partial charge < -0.3 is 0 Å². The van der Waals surface area contributed by atoms with Gasteiger partial charge in [-0.3, -0.25) is 0 Å². The van der Waals surface area contributed by atoms with E-state index in [4.69, 9.17) is 6.42 Å². The highest BCUT2D eigenvalue weighted by molar-refractivity contribution is 5.26. The third-order valence-electron chi connectivity index (χ3n) is 0.973. The van der Waals surface area contributed by atoms with Gasteiger partial charge in [-0.2, -0.15) is 0 Å². The fourth-order valence-electron chi connectivity index (χ4n) is 0.510. The molecule has 0 atom stereocenters. The van der Waals surface area contributed by atoms with Crippen molar-refractivity contribution < 1.29 is 0 Å². The van der Waals surface area contributed by atoms with Gasteiger partial charge >= 0.3 is 0 Å². The third-order valence-corrected chi connectivity index (χ3v) is 0.973. The highest BCUT2D eigenvalue weighted by atomic mass is 14.7. The molecule has 0 saturated heterocycles. The minimum absolute atomic E-state index is 0.655. The predicted molar refractivity (Wildman–Crippen MR) is 36.6 cm³/mol. The summed E-state index contributed by atoms with van der Waals surface area (Å²) in [6.07, 6.45) is 6.71. The van der Waals surface area contributed by atoms with Crippen LogP contribution in [0.15, 0.2) is 18.3 Å². The monoisotopic (exact) mass is 116 g/mol. The molecule has 1 aromatic rings. The topological polar surface area (TPSA) is 12.9 Å². The summed E-state index contributed by atoms with van der Waals surface area (Å²) >= 11 is 0. The number of pyridine rings is 1. The van der Waals surface area contributed by atoms with Crippen LogP contribution in [0.3, 0.4) is 0 Å². The Morgan fingerprint density at radius 3 is 2.78 bits per heavy atom. The van der Waals surface area contributed by atoms with Crippen molar-refractivity contribution in [3.63, 3.8) is 0 Å². The van der Waals surface area contributed by atoms with Crippen molar-refractivity contribution in [1.29, 1.82) is 0 Å². The van der Waals surface area contributed by atoms with Gasteiger partial charge in [0.1, 0.15) is 5.69 Å². The average molecular weight is 116 g/mol. The van der Waals surface area contributed by atoms with Crippen LogP contribution >= 0.6 is 0 Å². The fourth-order valence-corrected chi connectivity index (χ4v) is 0.510. The maximum Gasteiger partial charge on any atom is 0.112 e. The van der Waals surface area contributed by atoms with Crippen LogP contribution < -0.4 is 0 Å². The first-order valence-corrected chi connectivity index (χ1v) is 2.57. The Labute approximate surface area is 54.7 Å². The highest BCUT2D eigenvalue weighted by Crippen LogP contribution is 1.95. The van der Waals surface area contributed by atoms with E-state index in [0.29, 0.717) is 5.69 Å². The second kappa shape index (κ2) is 2.32. The number of nitrogens with zero attached hydrogens (tertiary/aromatic N) is 1. The molecule has 9 heavy (non-hydrogen) atoms. The van der Waals surface area contributed by atoms with Crippen molar-refractivity contribution in [3.05, 3.63) is 36.5 Å². The van der Waals surface area contributed by atoms with E-state index >= 15 is 0 Å². The molecule has 0 aromatic carbocycles. The summed E-state index contributed by atoms with van der Waals surface area (Å²) in [6.45, 7) is 3.66. The first-order chi connectivity index (χ1) is 4.33. The van der Waals surface area contributed by atoms with Crippen molar-refractivity contribution in [2.24, 2.45) is 0 Å². The van der Waals surface area contributed by atoms with Crippen LogP contribution in [0.1, 0.15) is 11.3 Å². The molecule has 0 fully saturated rings. The standard InChI is InChI=1S/C8H6N/c1-3-8-5-4-7(2)6-9-8/h1,4-6H,2H2. The molecule has 0 saturated carbocycles. The van der Waals surface area contributed by atoms with E-state index in [1.165, 1.54) is 0 Å². The Morgan fingerprint density at radius 2 is 2.33 bits per heavy atom. The Hall–Kier alpha value is -1.29. The zero-order valence-electron chi connectivity index (χ0n) is 4.96. The first kappa shape index (κ1) is 5.84. The Morgan fingerprint density at radius 1 is 1.56 bits per heavy atom. The molecular formula is C8H6N. The van der Waals surface area contributed by atoms with Gasteiger partial charge in [0.05, 0.1) is 0 Å². The van der Waals surface area contributed by atoms with Gasteiger partial charge in [0.15, 0.2) is 0 Å². The number of terminal acetylenes is 1. The van der Waals surface area contributed by atoms with Crippen molar-refractivity contribution in [2.45, 2.75) is 0 Å². The summed E-state index contributed by atoms with van der Waals surface area (Å²) in [5, 5.41) is 0. The SMILES string of the molecule is C#Cc1ccc([CH2])cn1. The third kappa shape index (κ3) is 1.30.